The number of carbonyl (C=O) groups is 1. The average Bonchev–Trinajstić information content (AvgIpc) is 2.85. The first-order valence-corrected chi connectivity index (χ1v) is 13.0. The topological polar surface area (TPSA) is 163 Å². The third kappa shape index (κ3) is 11.6. The summed E-state index contributed by atoms with van der Waals surface area (Å²) in [5.41, 5.74) is -0.535. The number of hydrogen-bond donors (Lipinski definition) is 4. The molecule has 0 unspecified atom stereocenters. The summed E-state index contributed by atoms with van der Waals surface area (Å²) in [6.45, 7) is 9.64. The predicted octanol–water partition coefficient (Wildman–Crippen LogP) is 1.13. The van der Waals surface area contributed by atoms with Crippen LogP contribution in [0.2, 0.25) is 0 Å². The lowest BCUT2D eigenvalue weighted by Crippen LogP contribution is -2.61. The minimum Gasteiger partial charge on any atom is -0.475 e. The molecular formula is C25H44N4O9. The summed E-state index contributed by atoms with van der Waals surface area (Å²) in [4.78, 5) is 20.1. The Hall–Kier alpha value is -2.29. The van der Waals surface area contributed by atoms with Gasteiger partial charge in [0.2, 0.25) is 11.8 Å². The average molecular weight is 545 g/mol. The number of aliphatic hydroxyl groups is 2. The second kappa shape index (κ2) is 16.6. The third-order valence-electron chi connectivity index (χ3n) is 5.44. The molecule has 38 heavy (non-hydrogen) atoms. The molecule has 4 N–H and O–H groups in total. The van der Waals surface area contributed by atoms with Crippen molar-refractivity contribution in [1.29, 1.82) is 0 Å². The molecule has 0 saturated carbocycles. The van der Waals surface area contributed by atoms with Crippen molar-refractivity contribution in [2.45, 2.75) is 76.6 Å². The molecule has 1 aliphatic heterocycles. The first kappa shape index (κ1) is 31.9. The highest BCUT2D eigenvalue weighted by atomic mass is 16.6. The van der Waals surface area contributed by atoms with E-state index in [1.807, 2.05) is 6.92 Å². The molecule has 1 aromatic rings. The molecule has 0 spiro atoms. The van der Waals surface area contributed by atoms with Gasteiger partial charge in [-0.05, 0) is 27.2 Å². The molecule has 1 aromatic heterocycles. The number of ether oxygens (including phenoxy) is 6. The van der Waals surface area contributed by atoms with Gasteiger partial charge in [0.25, 0.3) is 0 Å². The standard InChI is InChI=1S/C25H44N4O9/c1-6-7-17-20(22(31)21(30)18(37-17)16-33-5)29-23-26-9-8-19(28-23)36-15-14-35-13-12-34-11-10-27-24(32)38-25(2,3)4/h8-9,17-18,20-22,30-31H,6-7,10-16H2,1-5H3,(H,27,32)(H,26,28,29)/t17-,18-,20+,21+,22-/m1/s1. The molecule has 13 nitrogen and oxygen atoms in total. The predicted molar refractivity (Wildman–Crippen MR) is 138 cm³/mol. The monoisotopic (exact) mass is 544 g/mol. The van der Waals surface area contributed by atoms with E-state index in [1.54, 1.807) is 33.0 Å². The Morgan fingerprint density at radius 3 is 2.47 bits per heavy atom. The number of alkyl carbamates (subject to hydrolysis) is 1. The Morgan fingerprint density at radius 1 is 1.08 bits per heavy atom. The molecule has 1 amide bonds. The molecule has 0 aliphatic carbocycles. The molecule has 1 fully saturated rings. The molecule has 2 heterocycles. The fraction of sp³-hybridized carbons (Fsp3) is 0.800. The SMILES string of the molecule is CCC[C@H]1O[C@H](COC)[C@H](O)[C@H](O)[C@H]1Nc1nccc(OCCOCCOCCNC(=O)OC(C)(C)C)n1. The second-order valence-corrected chi connectivity index (χ2v) is 9.83. The van der Waals surface area contributed by atoms with E-state index in [1.165, 1.54) is 7.11 Å². The van der Waals surface area contributed by atoms with Gasteiger partial charge in [0.1, 0.15) is 30.5 Å². The number of rotatable bonds is 16. The molecule has 0 bridgehead atoms. The van der Waals surface area contributed by atoms with E-state index in [2.05, 4.69) is 20.6 Å². The summed E-state index contributed by atoms with van der Waals surface area (Å²) >= 11 is 0. The zero-order valence-electron chi connectivity index (χ0n) is 23.1. The minimum atomic E-state index is -1.11. The van der Waals surface area contributed by atoms with Crippen LogP contribution in [0.4, 0.5) is 10.7 Å². The number of methoxy groups -OCH3 is 1. The fourth-order valence-electron chi connectivity index (χ4n) is 3.76. The number of aliphatic hydroxyl groups excluding tert-OH is 2. The van der Waals surface area contributed by atoms with E-state index in [0.717, 1.165) is 6.42 Å². The van der Waals surface area contributed by atoms with E-state index in [-0.39, 0.29) is 25.3 Å². The first-order chi connectivity index (χ1) is 18.1. The highest BCUT2D eigenvalue weighted by Crippen LogP contribution is 2.26. The number of nitrogens with zero attached hydrogens (tertiary/aromatic N) is 2. The number of amides is 1. The van der Waals surface area contributed by atoms with Crippen molar-refractivity contribution in [3.63, 3.8) is 0 Å². The van der Waals surface area contributed by atoms with Gasteiger partial charge in [0.15, 0.2) is 0 Å². The highest BCUT2D eigenvalue weighted by molar-refractivity contribution is 5.67. The number of hydrogen-bond acceptors (Lipinski definition) is 12. The maximum atomic E-state index is 11.5. The fourth-order valence-corrected chi connectivity index (χ4v) is 3.76. The molecule has 13 heteroatoms. The summed E-state index contributed by atoms with van der Waals surface area (Å²) in [5.74, 6) is 0.592. The van der Waals surface area contributed by atoms with Crippen molar-refractivity contribution in [3.8, 4) is 5.88 Å². The van der Waals surface area contributed by atoms with Crippen LogP contribution in [0.3, 0.4) is 0 Å². The molecule has 2 rings (SSSR count). The van der Waals surface area contributed by atoms with Crippen molar-refractivity contribution in [2.75, 3.05) is 58.6 Å². The second-order valence-electron chi connectivity index (χ2n) is 9.83. The van der Waals surface area contributed by atoms with Gasteiger partial charge in [0, 0.05) is 25.9 Å². The maximum absolute atomic E-state index is 11.5. The van der Waals surface area contributed by atoms with Gasteiger partial charge in [0.05, 0.1) is 45.2 Å². The lowest BCUT2D eigenvalue weighted by molar-refractivity contribution is -0.189. The van der Waals surface area contributed by atoms with Crippen LogP contribution in [-0.2, 0) is 23.7 Å². The number of anilines is 1. The van der Waals surface area contributed by atoms with Crippen LogP contribution >= 0.6 is 0 Å². The van der Waals surface area contributed by atoms with Crippen LogP contribution in [0.5, 0.6) is 5.88 Å². The number of carbonyl (C=O) groups excluding carboxylic acids is 1. The van der Waals surface area contributed by atoms with Crippen molar-refractivity contribution >= 4 is 12.0 Å². The van der Waals surface area contributed by atoms with Gasteiger partial charge in [-0.2, -0.15) is 4.98 Å². The third-order valence-corrected chi connectivity index (χ3v) is 5.44. The van der Waals surface area contributed by atoms with Gasteiger partial charge in [-0.3, -0.25) is 0 Å². The number of aromatic nitrogens is 2. The van der Waals surface area contributed by atoms with E-state index in [9.17, 15) is 15.0 Å². The minimum absolute atomic E-state index is 0.185. The van der Waals surface area contributed by atoms with E-state index in [4.69, 9.17) is 28.4 Å². The van der Waals surface area contributed by atoms with Crippen LogP contribution in [0.1, 0.15) is 40.5 Å². The molecule has 218 valence electrons. The Labute approximate surface area is 224 Å². The molecule has 0 radical (unpaired) electrons. The van der Waals surface area contributed by atoms with Gasteiger partial charge in [-0.25, -0.2) is 9.78 Å². The van der Waals surface area contributed by atoms with E-state index >= 15 is 0 Å². The van der Waals surface area contributed by atoms with E-state index in [0.29, 0.717) is 45.3 Å². The molecule has 5 atom stereocenters. The van der Waals surface area contributed by atoms with Gasteiger partial charge >= 0.3 is 6.09 Å². The van der Waals surface area contributed by atoms with Gasteiger partial charge in [-0.15, -0.1) is 0 Å². The quantitative estimate of drug-likeness (QED) is 0.220. The van der Waals surface area contributed by atoms with Crippen molar-refractivity contribution in [1.82, 2.24) is 15.3 Å². The zero-order chi connectivity index (χ0) is 28.0. The normalized spacial score (nSPS) is 23.6. The Morgan fingerprint density at radius 2 is 1.79 bits per heavy atom. The lowest BCUT2D eigenvalue weighted by Gasteiger charge is -2.43. The number of nitrogens with one attached hydrogen (secondary N) is 2. The van der Waals surface area contributed by atoms with Crippen molar-refractivity contribution < 1.29 is 43.4 Å². The Balaban J connectivity index is 1.67. The Kier molecular flexibility index (Phi) is 14.0. The zero-order valence-corrected chi connectivity index (χ0v) is 23.1. The van der Waals surface area contributed by atoms with Crippen molar-refractivity contribution in [2.24, 2.45) is 0 Å². The van der Waals surface area contributed by atoms with Crippen LogP contribution in [0.15, 0.2) is 12.3 Å². The summed E-state index contributed by atoms with van der Waals surface area (Å²) in [6, 6.07) is 1.02. The summed E-state index contributed by atoms with van der Waals surface area (Å²) in [6.07, 6.45) is -0.577. The molecule has 0 aromatic carbocycles. The first-order valence-electron chi connectivity index (χ1n) is 13.0. The highest BCUT2D eigenvalue weighted by Gasteiger charge is 2.44. The summed E-state index contributed by atoms with van der Waals surface area (Å²) in [7, 11) is 1.52. The van der Waals surface area contributed by atoms with Gasteiger partial charge < -0.3 is 49.3 Å². The van der Waals surface area contributed by atoms with Crippen LogP contribution in [0.25, 0.3) is 0 Å². The van der Waals surface area contributed by atoms with Crippen LogP contribution < -0.4 is 15.4 Å². The Bertz CT molecular complexity index is 811. The molecule has 1 aliphatic rings. The largest absolute Gasteiger partial charge is 0.475 e. The smallest absolute Gasteiger partial charge is 0.407 e. The molecular weight excluding hydrogens is 500 g/mol. The lowest BCUT2D eigenvalue weighted by atomic mass is 9.90. The van der Waals surface area contributed by atoms with Gasteiger partial charge in [-0.1, -0.05) is 13.3 Å². The van der Waals surface area contributed by atoms with E-state index < -0.39 is 36.0 Å². The van der Waals surface area contributed by atoms with Crippen molar-refractivity contribution in [3.05, 3.63) is 12.3 Å². The molecule has 1 saturated heterocycles. The maximum Gasteiger partial charge on any atom is 0.407 e. The van der Waals surface area contributed by atoms with Crippen LogP contribution in [-0.4, -0.2) is 116 Å². The summed E-state index contributed by atoms with van der Waals surface area (Å²) < 4.78 is 32.8. The van der Waals surface area contributed by atoms with Crippen LogP contribution in [0, 0.1) is 0 Å². The summed E-state index contributed by atoms with van der Waals surface area (Å²) in [5, 5.41) is 26.9.